The van der Waals surface area contributed by atoms with Crippen LogP contribution in [-0.4, -0.2) is 36.6 Å². The van der Waals surface area contributed by atoms with Crippen LogP contribution in [0.5, 0.6) is 0 Å². The van der Waals surface area contributed by atoms with E-state index in [1.165, 1.54) is 0 Å². The largest absolute Gasteiger partial charge is 0.375 e. The lowest BCUT2D eigenvalue weighted by atomic mass is 10.1. The van der Waals surface area contributed by atoms with Crippen molar-refractivity contribution in [3.63, 3.8) is 0 Å². The van der Waals surface area contributed by atoms with E-state index in [4.69, 9.17) is 11.2 Å². The van der Waals surface area contributed by atoms with Gasteiger partial charge in [0.1, 0.15) is 0 Å². The van der Waals surface area contributed by atoms with E-state index >= 15 is 0 Å². The molecule has 2 rings (SSSR count). The number of ether oxygens (including phenoxy) is 1. The third-order valence-electron chi connectivity index (χ3n) is 2.80. The van der Waals surface area contributed by atoms with Crippen LogP contribution < -0.4 is 0 Å². The van der Waals surface area contributed by atoms with Crippen molar-refractivity contribution in [2.24, 2.45) is 0 Å². The van der Waals surface area contributed by atoms with Gasteiger partial charge in [0.25, 0.3) is 5.91 Å². The molecule has 1 saturated heterocycles. The van der Waals surface area contributed by atoms with Gasteiger partial charge < -0.3 is 9.64 Å². The van der Waals surface area contributed by atoms with E-state index in [2.05, 4.69) is 5.92 Å². The van der Waals surface area contributed by atoms with E-state index in [1.807, 2.05) is 24.0 Å². The quantitative estimate of drug-likeness (QED) is 0.683. The molecule has 1 amide bonds. The van der Waals surface area contributed by atoms with E-state index in [-0.39, 0.29) is 12.0 Å². The fraction of sp³-hybridized carbons (Fsp3) is 0.357. The molecule has 0 bridgehead atoms. The van der Waals surface area contributed by atoms with Gasteiger partial charge in [-0.15, -0.1) is 6.42 Å². The predicted molar refractivity (Wildman–Crippen MR) is 65.7 cm³/mol. The van der Waals surface area contributed by atoms with Gasteiger partial charge in [-0.25, -0.2) is 0 Å². The van der Waals surface area contributed by atoms with Crippen LogP contribution in [-0.2, 0) is 4.74 Å². The number of carbonyl (C=O) groups is 1. The van der Waals surface area contributed by atoms with Crippen LogP contribution >= 0.6 is 0 Å². The van der Waals surface area contributed by atoms with Gasteiger partial charge in [0.15, 0.2) is 0 Å². The molecule has 1 aliphatic rings. The molecule has 1 aromatic carbocycles. The maximum absolute atomic E-state index is 12.2. The smallest absolute Gasteiger partial charge is 0.254 e. The molecule has 1 fully saturated rings. The minimum Gasteiger partial charge on any atom is -0.375 e. The summed E-state index contributed by atoms with van der Waals surface area (Å²) >= 11 is 0. The van der Waals surface area contributed by atoms with Gasteiger partial charge in [0.2, 0.25) is 0 Å². The number of amides is 1. The number of hydrogen-bond donors (Lipinski definition) is 0. The highest BCUT2D eigenvalue weighted by Gasteiger charge is 2.22. The van der Waals surface area contributed by atoms with Gasteiger partial charge in [0, 0.05) is 24.2 Å². The Bertz CT molecular complexity index is 462. The summed E-state index contributed by atoms with van der Waals surface area (Å²) in [6.45, 7) is 3.85. The molecule has 3 nitrogen and oxygen atoms in total. The average molecular weight is 229 g/mol. The Balaban J connectivity index is 2.16. The maximum Gasteiger partial charge on any atom is 0.254 e. The van der Waals surface area contributed by atoms with Crippen molar-refractivity contribution in [1.82, 2.24) is 4.90 Å². The molecule has 0 saturated carbocycles. The second-order valence-electron chi connectivity index (χ2n) is 4.16. The van der Waals surface area contributed by atoms with Crippen LogP contribution in [0.1, 0.15) is 22.8 Å². The van der Waals surface area contributed by atoms with Crippen molar-refractivity contribution in [3.8, 4) is 12.3 Å². The predicted octanol–water partition coefficient (Wildman–Crippen LogP) is 1.53. The molecule has 1 aromatic rings. The lowest BCUT2D eigenvalue weighted by Gasteiger charge is -2.31. The zero-order chi connectivity index (χ0) is 12.3. The Labute approximate surface area is 101 Å². The number of morpholine rings is 1. The first-order chi connectivity index (χ1) is 8.20. The summed E-state index contributed by atoms with van der Waals surface area (Å²) in [5.41, 5.74) is 1.38. The summed E-state index contributed by atoms with van der Waals surface area (Å²) in [4.78, 5) is 14.0. The number of carbonyl (C=O) groups excluding carboxylic acids is 1. The van der Waals surface area contributed by atoms with E-state index in [0.29, 0.717) is 25.3 Å². The molecule has 0 spiro atoms. The van der Waals surface area contributed by atoms with Gasteiger partial charge >= 0.3 is 0 Å². The van der Waals surface area contributed by atoms with E-state index in [1.54, 1.807) is 12.1 Å². The van der Waals surface area contributed by atoms with Crippen LogP contribution in [0.2, 0.25) is 0 Å². The standard InChI is InChI=1S/C14H15NO2/c1-3-12-5-4-6-13(9-12)14(16)15-7-8-17-11(2)10-15/h1,4-6,9,11H,7-8,10H2,2H3. The molecule has 1 aliphatic heterocycles. The van der Waals surface area contributed by atoms with Crippen molar-refractivity contribution in [1.29, 1.82) is 0 Å². The fourth-order valence-corrected chi connectivity index (χ4v) is 1.93. The number of hydrogen-bond acceptors (Lipinski definition) is 2. The van der Waals surface area contributed by atoms with Crippen molar-refractivity contribution in [3.05, 3.63) is 35.4 Å². The molecule has 0 aromatic heterocycles. The third-order valence-corrected chi connectivity index (χ3v) is 2.80. The van der Waals surface area contributed by atoms with Gasteiger partial charge in [-0.1, -0.05) is 12.0 Å². The number of rotatable bonds is 1. The van der Waals surface area contributed by atoms with Crippen molar-refractivity contribution in [2.45, 2.75) is 13.0 Å². The van der Waals surface area contributed by atoms with E-state index in [0.717, 1.165) is 5.56 Å². The molecule has 1 heterocycles. The minimum absolute atomic E-state index is 0.0252. The van der Waals surface area contributed by atoms with Crippen LogP contribution in [0.4, 0.5) is 0 Å². The number of nitrogens with zero attached hydrogens (tertiary/aromatic N) is 1. The highest BCUT2D eigenvalue weighted by atomic mass is 16.5. The molecular weight excluding hydrogens is 214 g/mol. The second kappa shape index (κ2) is 5.03. The molecular formula is C14H15NO2. The number of terminal acetylenes is 1. The lowest BCUT2D eigenvalue weighted by Crippen LogP contribution is -2.44. The van der Waals surface area contributed by atoms with E-state index in [9.17, 15) is 4.79 Å². The summed E-state index contributed by atoms with van der Waals surface area (Å²) in [6, 6.07) is 7.18. The van der Waals surface area contributed by atoms with Gasteiger partial charge in [-0.05, 0) is 25.1 Å². The lowest BCUT2D eigenvalue weighted by molar-refractivity contribution is -0.0124. The molecule has 88 valence electrons. The summed E-state index contributed by atoms with van der Waals surface area (Å²) < 4.78 is 5.41. The SMILES string of the molecule is C#Cc1cccc(C(=O)N2CCOC(C)C2)c1. The Hall–Kier alpha value is -1.79. The Morgan fingerprint density at radius 3 is 3.12 bits per heavy atom. The summed E-state index contributed by atoms with van der Waals surface area (Å²) in [5.74, 6) is 2.56. The van der Waals surface area contributed by atoms with Crippen LogP contribution in [0, 0.1) is 12.3 Å². The van der Waals surface area contributed by atoms with Crippen molar-refractivity contribution < 1.29 is 9.53 Å². The minimum atomic E-state index is 0.0252. The molecule has 0 N–H and O–H groups in total. The Kier molecular flexibility index (Phi) is 3.46. The maximum atomic E-state index is 12.2. The van der Waals surface area contributed by atoms with E-state index < -0.39 is 0 Å². The number of benzene rings is 1. The van der Waals surface area contributed by atoms with Crippen LogP contribution in [0.25, 0.3) is 0 Å². The summed E-state index contributed by atoms with van der Waals surface area (Å²) in [6.07, 6.45) is 5.42. The van der Waals surface area contributed by atoms with Crippen LogP contribution in [0.15, 0.2) is 24.3 Å². The Morgan fingerprint density at radius 2 is 2.41 bits per heavy atom. The highest BCUT2D eigenvalue weighted by Crippen LogP contribution is 2.11. The van der Waals surface area contributed by atoms with Gasteiger partial charge in [0.05, 0.1) is 12.7 Å². The molecule has 17 heavy (non-hydrogen) atoms. The first-order valence-corrected chi connectivity index (χ1v) is 5.68. The van der Waals surface area contributed by atoms with Gasteiger partial charge in [-0.3, -0.25) is 4.79 Å². The Morgan fingerprint density at radius 1 is 1.59 bits per heavy atom. The second-order valence-corrected chi connectivity index (χ2v) is 4.16. The molecule has 1 unspecified atom stereocenters. The average Bonchev–Trinajstić information content (AvgIpc) is 2.38. The molecule has 0 aliphatic carbocycles. The molecule has 0 radical (unpaired) electrons. The highest BCUT2D eigenvalue weighted by molar-refractivity contribution is 5.94. The topological polar surface area (TPSA) is 29.5 Å². The third kappa shape index (κ3) is 2.66. The fourth-order valence-electron chi connectivity index (χ4n) is 1.93. The van der Waals surface area contributed by atoms with Crippen molar-refractivity contribution >= 4 is 5.91 Å². The normalized spacial score (nSPS) is 19.8. The summed E-state index contributed by atoms with van der Waals surface area (Å²) in [5, 5.41) is 0. The van der Waals surface area contributed by atoms with Crippen LogP contribution in [0.3, 0.4) is 0 Å². The monoisotopic (exact) mass is 229 g/mol. The summed E-state index contributed by atoms with van der Waals surface area (Å²) in [7, 11) is 0. The first-order valence-electron chi connectivity index (χ1n) is 5.68. The van der Waals surface area contributed by atoms with Gasteiger partial charge in [-0.2, -0.15) is 0 Å². The van der Waals surface area contributed by atoms with Crippen molar-refractivity contribution in [2.75, 3.05) is 19.7 Å². The zero-order valence-electron chi connectivity index (χ0n) is 9.85. The molecule has 3 heteroatoms. The zero-order valence-corrected chi connectivity index (χ0v) is 9.85. The first kappa shape index (κ1) is 11.7. The molecule has 1 atom stereocenters.